The maximum absolute atomic E-state index is 4.96. The van der Waals surface area contributed by atoms with Crippen LogP contribution in [-0.4, -0.2) is 39.1 Å². The summed E-state index contributed by atoms with van der Waals surface area (Å²) in [6, 6.07) is 18.7. The van der Waals surface area contributed by atoms with E-state index < -0.39 is 0 Å². The second kappa shape index (κ2) is 8.06. The van der Waals surface area contributed by atoms with E-state index in [0.717, 1.165) is 65.6 Å². The fourth-order valence-corrected chi connectivity index (χ4v) is 3.99. The Hall–Kier alpha value is -3.54. The molecule has 0 atom stereocenters. The maximum Gasteiger partial charge on any atom is 0.163 e. The number of rotatable bonds is 4. The van der Waals surface area contributed by atoms with Crippen LogP contribution in [0.25, 0.3) is 22.3 Å². The van der Waals surface area contributed by atoms with Gasteiger partial charge in [-0.2, -0.15) is 0 Å². The van der Waals surface area contributed by atoms with Gasteiger partial charge in [-0.1, -0.05) is 18.2 Å². The molecule has 1 aliphatic heterocycles. The van der Waals surface area contributed by atoms with Crippen LogP contribution in [0.5, 0.6) is 0 Å². The fraction of sp³-hybridized carbons (Fsp3) is 0.250. The molecule has 3 aromatic heterocycles. The average molecular weight is 396 g/mol. The molecule has 1 aromatic carbocycles. The highest BCUT2D eigenvalue weighted by Crippen LogP contribution is 2.29. The summed E-state index contributed by atoms with van der Waals surface area (Å²) in [5, 5.41) is 4.68. The van der Waals surface area contributed by atoms with Crippen molar-refractivity contribution in [3.63, 3.8) is 0 Å². The molecule has 1 saturated heterocycles. The minimum Gasteiger partial charge on any atom is -0.367 e. The van der Waals surface area contributed by atoms with Gasteiger partial charge in [0.15, 0.2) is 5.82 Å². The van der Waals surface area contributed by atoms with Gasteiger partial charge in [0.2, 0.25) is 0 Å². The monoisotopic (exact) mass is 396 g/mol. The molecule has 0 radical (unpaired) electrons. The zero-order valence-corrected chi connectivity index (χ0v) is 17.0. The van der Waals surface area contributed by atoms with Crippen LogP contribution in [-0.2, 0) is 0 Å². The molecule has 1 fully saturated rings. The van der Waals surface area contributed by atoms with Crippen LogP contribution in [0.3, 0.4) is 0 Å². The Balaban J connectivity index is 1.40. The van der Waals surface area contributed by atoms with E-state index in [4.69, 9.17) is 9.97 Å². The third kappa shape index (κ3) is 3.81. The minimum absolute atomic E-state index is 0.418. The van der Waals surface area contributed by atoms with Gasteiger partial charge in [0.1, 0.15) is 11.6 Å². The summed E-state index contributed by atoms with van der Waals surface area (Å²) < 4.78 is 0. The van der Waals surface area contributed by atoms with Crippen molar-refractivity contribution >= 4 is 22.5 Å². The van der Waals surface area contributed by atoms with E-state index in [9.17, 15) is 0 Å². The molecule has 1 N–H and O–H groups in total. The first-order valence-corrected chi connectivity index (χ1v) is 10.4. The smallest absolute Gasteiger partial charge is 0.163 e. The van der Waals surface area contributed by atoms with Crippen LogP contribution in [0.1, 0.15) is 18.5 Å². The number of benzene rings is 1. The van der Waals surface area contributed by atoms with Gasteiger partial charge in [0, 0.05) is 48.2 Å². The summed E-state index contributed by atoms with van der Waals surface area (Å²) in [5.41, 5.74) is 2.94. The van der Waals surface area contributed by atoms with Crippen molar-refractivity contribution < 1.29 is 0 Å². The SMILES string of the molecule is Cc1cccc(NC2CCN(c3nc(-c4cccnc4)nc4ccccc34)CC2)n1. The number of anilines is 2. The lowest BCUT2D eigenvalue weighted by Crippen LogP contribution is -2.39. The van der Waals surface area contributed by atoms with Crippen molar-refractivity contribution in [3.05, 3.63) is 72.7 Å². The molecule has 0 aliphatic carbocycles. The largest absolute Gasteiger partial charge is 0.367 e. The number of hydrogen-bond donors (Lipinski definition) is 1. The number of aromatic nitrogens is 4. The molecule has 0 amide bonds. The molecule has 30 heavy (non-hydrogen) atoms. The van der Waals surface area contributed by atoms with E-state index >= 15 is 0 Å². The molecule has 150 valence electrons. The van der Waals surface area contributed by atoms with Gasteiger partial charge in [-0.3, -0.25) is 4.98 Å². The third-order valence-electron chi connectivity index (χ3n) is 5.54. The van der Waals surface area contributed by atoms with E-state index in [1.807, 2.05) is 49.5 Å². The molecule has 4 aromatic rings. The molecule has 0 bridgehead atoms. The van der Waals surface area contributed by atoms with Crippen LogP contribution < -0.4 is 10.2 Å². The molecule has 0 unspecified atom stereocenters. The second-order valence-electron chi connectivity index (χ2n) is 7.70. The van der Waals surface area contributed by atoms with Crippen molar-refractivity contribution in [2.24, 2.45) is 0 Å². The fourth-order valence-electron chi connectivity index (χ4n) is 3.99. The van der Waals surface area contributed by atoms with E-state index in [1.54, 1.807) is 6.20 Å². The summed E-state index contributed by atoms with van der Waals surface area (Å²) in [4.78, 5) is 20.9. The number of fused-ring (bicyclic) bond motifs is 1. The van der Waals surface area contributed by atoms with Crippen LogP contribution in [0.15, 0.2) is 67.0 Å². The lowest BCUT2D eigenvalue weighted by molar-refractivity contribution is 0.523. The molecule has 0 saturated carbocycles. The van der Waals surface area contributed by atoms with Gasteiger partial charge in [-0.05, 0) is 56.2 Å². The highest BCUT2D eigenvalue weighted by Gasteiger charge is 2.23. The minimum atomic E-state index is 0.418. The zero-order valence-electron chi connectivity index (χ0n) is 17.0. The second-order valence-corrected chi connectivity index (χ2v) is 7.70. The van der Waals surface area contributed by atoms with Crippen LogP contribution >= 0.6 is 0 Å². The van der Waals surface area contributed by atoms with Gasteiger partial charge < -0.3 is 10.2 Å². The van der Waals surface area contributed by atoms with Gasteiger partial charge in [0.25, 0.3) is 0 Å². The molecule has 4 heterocycles. The lowest BCUT2D eigenvalue weighted by atomic mass is 10.0. The highest BCUT2D eigenvalue weighted by atomic mass is 15.2. The Bertz CT molecular complexity index is 1150. The van der Waals surface area contributed by atoms with Crippen LogP contribution in [0, 0.1) is 6.92 Å². The lowest BCUT2D eigenvalue weighted by Gasteiger charge is -2.34. The number of aryl methyl sites for hydroxylation is 1. The van der Waals surface area contributed by atoms with Crippen molar-refractivity contribution in [3.8, 4) is 11.4 Å². The van der Waals surface area contributed by atoms with E-state index in [0.29, 0.717) is 6.04 Å². The molecular formula is C24H24N6. The number of hydrogen-bond acceptors (Lipinski definition) is 6. The summed E-state index contributed by atoms with van der Waals surface area (Å²) in [6.45, 7) is 3.90. The summed E-state index contributed by atoms with van der Waals surface area (Å²) in [5.74, 6) is 2.69. The molecule has 5 rings (SSSR count). The Kier molecular flexibility index (Phi) is 4.97. The molecule has 6 heteroatoms. The van der Waals surface area contributed by atoms with E-state index in [1.165, 1.54) is 0 Å². The van der Waals surface area contributed by atoms with E-state index in [-0.39, 0.29) is 0 Å². The summed E-state index contributed by atoms with van der Waals surface area (Å²) in [7, 11) is 0. The van der Waals surface area contributed by atoms with Gasteiger partial charge >= 0.3 is 0 Å². The third-order valence-corrected chi connectivity index (χ3v) is 5.54. The van der Waals surface area contributed by atoms with Gasteiger partial charge in [0.05, 0.1) is 5.52 Å². The van der Waals surface area contributed by atoms with Gasteiger partial charge in [-0.25, -0.2) is 15.0 Å². The Labute approximate surface area is 176 Å². The number of nitrogens with one attached hydrogen (secondary N) is 1. The quantitative estimate of drug-likeness (QED) is 0.549. The first-order valence-electron chi connectivity index (χ1n) is 10.4. The van der Waals surface area contributed by atoms with E-state index in [2.05, 4.69) is 38.4 Å². The average Bonchev–Trinajstić information content (AvgIpc) is 2.79. The van der Waals surface area contributed by atoms with Crippen molar-refractivity contribution in [2.75, 3.05) is 23.3 Å². The van der Waals surface area contributed by atoms with Crippen LogP contribution in [0.2, 0.25) is 0 Å². The molecule has 1 aliphatic rings. The number of nitrogens with zero attached hydrogens (tertiary/aromatic N) is 5. The highest BCUT2D eigenvalue weighted by molar-refractivity contribution is 5.91. The molecule has 0 spiro atoms. The number of pyridine rings is 2. The topological polar surface area (TPSA) is 66.8 Å². The summed E-state index contributed by atoms with van der Waals surface area (Å²) in [6.07, 6.45) is 5.66. The van der Waals surface area contributed by atoms with Crippen molar-refractivity contribution in [2.45, 2.75) is 25.8 Å². The van der Waals surface area contributed by atoms with Crippen molar-refractivity contribution in [1.82, 2.24) is 19.9 Å². The Morgan fingerprint density at radius 2 is 1.77 bits per heavy atom. The molecule has 6 nitrogen and oxygen atoms in total. The zero-order chi connectivity index (χ0) is 20.3. The number of para-hydroxylation sites is 1. The Morgan fingerprint density at radius 1 is 0.900 bits per heavy atom. The predicted octanol–water partition coefficient (Wildman–Crippen LogP) is 4.48. The Morgan fingerprint density at radius 3 is 2.57 bits per heavy atom. The van der Waals surface area contributed by atoms with Crippen molar-refractivity contribution in [1.29, 1.82) is 0 Å². The van der Waals surface area contributed by atoms with Gasteiger partial charge in [-0.15, -0.1) is 0 Å². The van der Waals surface area contributed by atoms with Crippen LogP contribution in [0.4, 0.5) is 11.6 Å². The number of piperidine rings is 1. The first-order chi connectivity index (χ1) is 14.8. The predicted molar refractivity (Wildman–Crippen MR) is 121 cm³/mol. The standard InChI is InChI=1S/C24H24N6/c1-17-6-4-10-22(26-17)27-19-11-14-30(15-12-19)24-20-8-2-3-9-21(20)28-23(29-24)18-7-5-13-25-16-18/h2-10,13,16,19H,11-12,14-15H2,1H3,(H,26,27). The first kappa shape index (κ1) is 18.5. The summed E-state index contributed by atoms with van der Waals surface area (Å²) >= 11 is 0. The molecular weight excluding hydrogens is 372 g/mol. The normalized spacial score (nSPS) is 14.8. The maximum atomic E-state index is 4.96.